The van der Waals surface area contributed by atoms with Gasteiger partial charge in [0.2, 0.25) is 5.95 Å². The molecule has 0 aliphatic carbocycles. The van der Waals surface area contributed by atoms with Gasteiger partial charge in [-0.2, -0.15) is 0 Å². The van der Waals surface area contributed by atoms with Crippen LogP contribution in [0.2, 0.25) is 5.02 Å². The van der Waals surface area contributed by atoms with E-state index in [4.69, 9.17) is 11.6 Å². The molecule has 0 saturated heterocycles. The van der Waals surface area contributed by atoms with Crippen molar-refractivity contribution in [2.75, 3.05) is 10.6 Å². The summed E-state index contributed by atoms with van der Waals surface area (Å²) in [6.07, 6.45) is 3.33. The zero-order chi connectivity index (χ0) is 19.3. The van der Waals surface area contributed by atoms with Crippen LogP contribution >= 0.6 is 22.9 Å². The molecule has 4 aromatic rings. The molecule has 1 amide bonds. The van der Waals surface area contributed by atoms with E-state index in [1.54, 1.807) is 42.0 Å². The maximum atomic E-state index is 12.2. The van der Waals surface area contributed by atoms with E-state index < -0.39 is 0 Å². The Hall–Kier alpha value is -3.29. The molecule has 28 heavy (non-hydrogen) atoms. The van der Waals surface area contributed by atoms with Gasteiger partial charge in [0.1, 0.15) is 0 Å². The number of hydrogen-bond acceptors (Lipinski definition) is 6. The van der Waals surface area contributed by atoms with Gasteiger partial charge in [-0.15, -0.1) is 11.3 Å². The lowest BCUT2D eigenvalue weighted by molar-refractivity contribution is 0.102. The highest BCUT2D eigenvalue weighted by molar-refractivity contribution is 7.13. The molecule has 2 aromatic heterocycles. The largest absolute Gasteiger partial charge is 0.324 e. The third-order valence-corrected chi connectivity index (χ3v) is 4.79. The summed E-state index contributed by atoms with van der Waals surface area (Å²) in [4.78, 5) is 25.0. The van der Waals surface area contributed by atoms with Gasteiger partial charge < -0.3 is 5.32 Å². The molecule has 138 valence electrons. The Labute approximate surface area is 170 Å². The monoisotopic (exact) mass is 407 g/mol. The van der Waals surface area contributed by atoms with E-state index in [0.717, 1.165) is 16.9 Å². The zero-order valence-electron chi connectivity index (χ0n) is 14.5. The van der Waals surface area contributed by atoms with Crippen LogP contribution in [0, 0.1) is 0 Å². The molecule has 0 atom stereocenters. The summed E-state index contributed by atoms with van der Waals surface area (Å²) in [7, 11) is 0. The van der Waals surface area contributed by atoms with Gasteiger partial charge in [0, 0.05) is 39.6 Å². The number of thiazole rings is 1. The minimum absolute atomic E-state index is 0.206. The van der Waals surface area contributed by atoms with Crippen LogP contribution < -0.4 is 10.6 Å². The van der Waals surface area contributed by atoms with E-state index in [2.05, 4.69) is 25.6 Å². The van der Waals surface area contributed by atoms with Crippen molar-refractivity contribution in [1.82, 2.24) is 15.0 Å². The van der Waals surface area contributed by atoms with Gasteiger partial charge >= 0.3 is 0 Å². The second kappa shape index (κ2) is 8.16. The van der Waals surface area contributed by atoms with E-state index in [1.807, 2.05) is 30.3 Å². The molecular formula is C20H14ClN5OS. The van der Waals surface area contributed by atoms with Gasteiger partial charge in [0.05, 0.1) is 5.69 Å². The van der Waals surface area contributed by atoms with Crippen LogP contribution in [0.3, 0.4) is 0 Å². The Morgan fingerprint density at radius 3 is 2.43 bits per heavy atom. The van der Waals surface area contributed by atoms with Crippen molar-refractivity contribution in [2.45, 2.75) is 0 Å². The van der Waals surface area contributed by atoms with E-state index >= 15 is 0 Å². The van der Waals surface area contributed by atoms with E-state index in [-0.39, 0.29) is 5.91 Å². The first-order chi connectivity index (χ1) is 13.7. The molecular weight excluding hydrogens is 394 g/mol. The quantitative estimate of drug-likeness (QED) is 0.472. The smallest absolute Gasteiger partial charge is 0.257 e. The number of rotatable bonds is 5. The number of halogens is 1. The number of carbonyl (C=O) groups excluding carboxylic acids is 1. The van der Waals surface area contributed by atoms with Crippen LogP contribution in [-0.2, 0) is 0 Å². The van der Waals surface area contributed by atoms with Crippen molar-refractivity contribution in [3.63, 3.8) is 0 Å². The molecule has 6 nitrogen and oxygen atoms in total. The topological polar surface area (TPSA) is 79.8 Å². The highest BCUT2D eigenvalue weighted by Gasteiger charge is 2.08. The Kier molecular flexibility index (Phi) is 5.27. The first kappa shape index (κ1) is 18.1. The molecule has 0 saturated carbocycles. The van der Waals surface area contributed by atoms with Crippen molar-refractivity contribution < 1.29 is 4.79 Å². The minimum atomic E-state index is -0.206. The molecule has 0 aliphatic heterocycles. The maximum Gasteiger partial charge on any atom is 0.257 e. The SMILES string of the molecule is O=C(Nc1nccs1)c1ccc(Nc2nccc(-c3ccc(Cl)cc3)n2)cc1. The van der Waals surface area contributed by atoms with Crippen LogP contribution in [0.5, 0.6) is 0 Å². The van der Waals surface area contributed by atoms with Crippen LogP contribution in [0.15, 0.2) is 72.4 Å². The third kappa shape index (κ3) is 4.33. The van der Waals surface area contributed by atoms with Crippen LogP contribution in [0.25, 0.3) is 11.3 Å². The average Bonchev–Trinajstić information content (AvgIpc) is 3.22. The fourth-order valence-corrected chi connectivity index (χ4v) is 3.14. The molecule has 0 spiro atoms. The number of aromatic nitrogens is 3. The molecule has 0 bridgehead atoms. The molecule has 2 aromatic carbocycles. The van der Waals surface area contributed by atoms with Crippen molar-refractivity contribution in [3.8, 4) is 11.3 Å². The van der Waals surface area contributed by atoms with Crippen LogP contribution in [0.4, 0.5) is 16.8 Å². The van der Waals surface area contributed by atoms with Crippen molar-refractivity contribution in [3.05, 3.63) is 83.0 Å². The van der Waals surface area contributed by atoms with Crippen molar-refractivity contribution in [1.29, 1.82) is 0 Å². The van der Waals surface area contributed by atoms with Crippen molar-refractivity contribution in [2.24, 2.45) is 0 Å². The molecule has 2 heterocycles. The lowest BCUT2D eigenvalue weighted by atomic mass is 10.1. The molecule has 0 aliphatic rings. The van der Waals surface area contributed by atoms with Crippen LogP contribution in [0.1, 0.15) is 10.4 Å². The Morgan fingerprint density at radius 1 is 0.929 bits per heavy atom. The molecule has 0 unspecified atom stereocenters. The number of amides is 1. The average molecular weight is 408 g/mol. The van der Waals surface area contributed by atoms with Gasteiger partial charge in [-0.3, -0.25) is 10.1 Å². The van der Waals surface area contributed by atoms with Crippen LogP contribution in [-0.4, -0.2) is 20.9 Å². The number of anilines is 3. The fourth-order valence-electron chi connectivity index (χ4n) is 2.49. The summed E-state index contributed by atoms with van der Waals surface area (Å²) in [5.74, 6) is 0.259. The van der Waals surface area contributed by atoms with Gasteiger partial charge in [-0.25, -0.2) is 15.0 Å². The summed E-state index contributed by atoms with van der Waals surface area (Å²) in [5, 5.41) is 8.95. The normalized spacial score (nSPS) is 10.5. The second-order valence-electron chi connectivity index (χ2n) is 5.77. The third-order valence-electron chi connectivity index (χ3n) is 3.85. The lowest BCUT2D eigenvalue weighted by Crippen LogP contribution is -2.11. The maximum absolute atomic E-state index is 12.2. The number of nitrogens with zero attached hydrogens (tertiary/aromatic N) is 3. The van der Waals surface area contributed by atoms with Gasteiger partial charge in [-0.05, 0) is 42.5 Å². The van der Waals surface area contributed by atoms with Gasteiger partial charge in [0.25, 0.3) is 5.91 Å². The minimum Gasteiger partial charge on any atom is -0.324 e. The molecule has 8 heteroatoms. The van der Waals surface area contributed by atoms with Gasteiger partial charge in [0.15, 0.2) is 5.13 Å². The first-order valence-electron chi connectivity index (χ1n) is 8.34. The second-order valence-corrected chi connectivity index (χ2v) is 7.10. The Balaban J connectivity index is 1.46. The molecule has 0 radical (unpaired) electrons. The fraction of sp³-hybridized carbons (Fsp3) is 0. The Morgan fingerprint density at radius 2 is 1.71 bits per heavy atom. The number of nitrogens with one attached hydrogen (secondary N) is 2. The number of carbonyl (C=O) groups is 1. The van der Waals surface area contributed by atoms with E-state index in [1.165, 1.54) is 11.3 Å². The predicted molar refractivity (Wildman–Crippen MR) is 112 cm³/mol. The highest BCUT2D eigenvalue weighted by Crippen LogP contribution is 2.22. The van der Waals surface area contributed by atoms with Gasteiger partial charge in [-0.1, -0.05) is 23.7 Å². The Bertz CT molecular complexity index is 1080. The molecule has 0 fully saturated rings. The molecule has 2 N–H and O–H groups in total. The van der Waals surface area contributed by atoms with Crippen molar-refractivity contribution >= 4 is 45.6 Å². The van der Waals surface area contributed by atoms with E-state index in [9.17, 15) is 4.79 Å². The summed E-state index contributed by atoms with van der Waals surface area (Å²) < 4.78 is 0. The summed E-state index contributed by atoms with van der Waals surface area (Å²) >= 11 is 7.31. The summed E-state index contributed by atoms with van der Waals surface area (Å²) in [6, 6.07) is 16.4. The lowest BCUT2D eigenvalue weighted by Gasteiger charge is -2.08. The summed E-state index contributed by atoms with van der Waals surface area (Å²) in [5.41, 5.74) is 3.05. The standard InChI is InChI=1S/C20H14ClN5OS/c21-15-5-1-13(2-6-15)17-9-10-22-19(25-17)24-16-7-3-14(4-8-16)18(27)26-20-23-11-12-28-20/h1-12H,(H,22,24,25)(H,23,26,27). The number of hydrogen-bond donors (Lipinski definition) is 2. The summed E-state index contributed by atoms with van der Waals surface area (Å²) in [6.45, 7) is 0. The van der Waals surface area contributed by atoms with E-state index in [0.29, 0.717) is 21.7 Å². The highest BCUT2D eigenvalue weighted by atomic mass is 35.5. The predicted octanol–water partition coefficient (Wildman–Crippen LogP) is 5.25. The molecule has 4 rings (SSSR count). The number of benzene rings is 2. The zero-order valence-corrected chi connectivity index (χ0v) is 16.0. The first-order valence-corrected chi connectivity index (χ1v) is 9.60.